The largest absolute Gasteiger partial charge is 0.416 e. The van der Waals surface area contributed by atoms with Crippen molar-refractivity contribution in [2.45, 2.75) is 6.18 Å². The Morgan fingerprint density at radius 2 is 1.62 bits per heavy atom. The summed E-state index contributed by atoms with van der Waals surface area (Å²) in [5.41, 5.74) is 0.901. The molecule has 0 spiro atoms. The third kappa shape index (κ3) is 4.07. The Labute approximate surface area is 89.1 Å². The zero-order valence-electron chi connectivity index (χ0n) is 7.69. The predicted octanol–water partition coefficient (Wildman–Crippen LogP) is 2.19. The van der Waals surface area contributed by atoms with Gasteiger partial charge in [-0.2, -0.15) is 13.2 Å². The molecule has 1 aromatic rings. The Balaban J connectivity index is 2.96. The molecule has 0 fully saturated rings. The summed E-state index contributed by atoms with van der Waals surface area (Å²) >= 11 is 0. The first-order chi connectivity index (χ1) is 7.18. The molecule has 1 rings (SSSR count). The van der Waals surface area contributed by atoms with Gasteiger partial charge in [0.1, 0.15) is 0 Å². The topological polar surface area (TPSA) is 57.5 Å². The van der Waals surface area contributed by atoms with Crippen LogP contribution in [0.4, 0.5) is 13.2 Å². The summed E-state index contributed by atoms with van der Waals surface area (Å²) in [6, 6.07) is 3.68. The fraction of sp³-hybridized carbons (Fsp3) is 0.111. The molecule has 0 saturated heterocycles. The van der Waals surface area contributed by atoms with Crippen molar-refractivity contribution in [3.8, 4) is 11.6 Å². The maximum Gasteiger partial charge on any atom is 0.416 e. The van der Waals surface area contributed by atoms with E-state index < -0.39 is 19.3 Å². The summed E-state index contributed by atoms with van der Waals surface area (Å²) < 4.78 is 46.8. The maximum absolute atomic E-state index is 12.1. The Hall–Kier alpha value is -1.28. The van der Waals surface area contributed by atoms with Gasteiger partial charge in [0.2, 0.25) is 0 Å². The molecule has 86 valence electrons. The van der Waals surface area contributed by atoms with Crippen molar-refractivity contribution in [3.05, 3.63) is 35.4 Å². The molecule has 0 saturated carbocycles. The van der Waals surface area contributed by atoms with Crippen LogP contribution in [0.15, 0.2) is 24.3 Å². The summed E-state index contributed by atoms with van der Waals surface area (Å²) in [6.07, 6.45) is -4.44. The zero-order valence-corrected chi connectivity index (χ0v) is 8.59. The molecular formula is C9H6F3O3P. The molecule has 2 N–H and O–H groups in total. The molecule has 0 amide bonds. The van der Waals surface area contributed by atoms with Gasteiger partial charge in [0.15, 0.2) is 0 Å². The van der Waals surface area contributed by atoms with E-state index in [4.69, 9.17) is 9.79 Å². The van der Waals surface area contributed by atoms with Crippen LogP contribution in [-0.4, -0.2) is 9.79 Å². The first-order valence-electron chi connectivity index (χ1n) is 3.94. The standard InChI is InChI=1S/C9H6F3O3P/c10-9(11,12)8-3-1-7(2-4-8)5-6-16(13,14)15/h1-4H,(H2,13,14,15). The van der Waals surface area contributed by atoms with Crippen LogP contribution >= 0.6 is 7.60 Å². The fourth-order valence-corrected chi connectivity index (χ4v) is 1.15. The highest BCUT2D eigenvalue weighted by Gasteiger charge is 2.29. The van der Waals surface area contributed by atoms with Crippen molar-refractivity contribution in [1.29, 1.82) is 0 Å². The fourth-order valence-electron chi connectivity index (χ4n) is 0.880. The van der Waals surface area contributed by atoms with E-state index in [0.29, 0.717) is 0 Å². The van der Waals surface area contributed by atoms with Crippen molar-refractivity contribution < 1.29 is 27.5 Å². The second-order valence-corrected chi connectivity index (χ2v) is 4.17. The third-order valence-corrected chi connectivity index (χ3v) is 1.96. The number of rotatable bonds is 0. The molecule has 0 aliphatic carbocycles. The smallest absolute Gasteiger partial charge is 0.315 e. The van der Waals surface area contributed by atoms with E-state index in [1.165, 1.54) is 0 Å². The molecule has 7 heteroatoms. The van der Waals surface area contributed by atoms with Crippen molar-refractivity contribution >= 4 is 7.60 Å². The summed E-state index contributed by atoms with van der Waals surface area (Å²) in [5.74, 6) is 2.08. The molecule has 1 aromatic carbocycles. The van der Waals surface area contributed by atoms with Gasteiger partial charge in [-0.3, -0.25) is 0 Å². The monoisotopic (exact) mass is 250 g/mol. The number of benzene rings is 1. The molecule has 0 aliphatic heterocycles. The molecule has 0 unspecified atom stereocenters. The lowest BCUT2D eigenvalue weighted by Crippen LogP contribution is -2.04. The predicted molar refractivity (Wildman–Crippen MR) is 50.4 cm³/mol. The summed E-state index contributed by atoms with van der Waals surface area (Å²) in [5, 5.41) is 0. The summed E-state index contributed by atoms with van der Waals surface area (Å²) in [6.45, 7) is 0. The third-order valence-electron chi connectivity index (χ3n) is 1.56. The van der Waals surface area contributed by atoms with Gasteiger partial charge in [-0.25, -0.2) is 4.57 Å². The molecular weight excluding hydrogens is 244 g/mol. The van der Waals surface area contributed by atoms with Crippen molar-refractivity contribution in [2.75, 3.05) is 0 Å². The highest BCUT2D eigenvalue weighted by atomic mass is 31.2. The minimum absolute atomic E-state index is 0.108. The molecule has 0 radical (unpaired) electrons. The molecule has 3 nitrogen and oxygen atoms in total. The lowest BCUT2D eigenvalue weighted by Gasteiger charge is -2.05. The van der Waals surface area contributed by atoms with Gasteiger partial charge in [0.25, 0.3) is 0 Å². The van der Waals surface area contributed by atoms with E-state index in [9.17, 15) is 17.7 Å². The number of hydrogen-bond donors (Lipinski definition) is 2. The van der Waals surface area contributed by atoms with Crippen LogP contribution in [0.25, 0.3) is 0 Å². The van der Waals surface area contributed by atoms with Gasteiger partial charge in [0, 0.05) is 11.2 Å². The lowest BCUT2D eigenvalue weighted by molar-refractivity contribution is -0.137. The number of hydrogen-bond acceptors (Lipinski definition) is 1. The highest BCUT2D eigenvalue weighted by Crippen LogP contribution is 2.32. The second-order valence-electron chi connectivity index (χ2n) is 2.86. The van der Waals surface area contributed by atoms with Gasteiger partial charge >= 0.3 is 13.8 Å². The first-order valence-corrected chi connectivity index (χ1v) is 5.56. The van der Waals surface area contributed by atoms with Crippen molar-refractivity contribution in [3.63, 3.8) is 0 Å². The Morgan fingerprint density at radius 3 is 2.00 bits per heavy atom. The number of alkyl halides is 3. The quantitative estimate of drug-likeness (QED) is 0.548. The van der Waals surface area contributed by atoms with Crippen LogP contribution in [-0.2, 0) is 10.7 Å². The molecule has 0 aliphatic rings. The van der Waals surface area contributed by atoms with E-state index in [1.807, 2.05) is 0 Å². The average Bonchev–Trinajstić information content (AvgIpc) is 2.13. The van der Waals surface area contributed by atoms with Crippen molar-refractivity contribution in [2.24, 2.45) is 0 Å². The molecule has 0 atom stereocenters. The van der Waals surface area contributed by atoms with Gasteiger partial charge in [-0.15, -0.1) is 0 Å². The van der Waals surface area contributed by atoms with E-state index >= 15 is 0 Å². The van der Waals surface area contributed by atoms with Crippen LogP contribution in [0.5, 0.6) is 0 Å². The molecule has 0 heterocycles. The minimum Gasteiger partial charge on any atom is -0.315 e. The van der Waals surface area contributed by atoms with Gasteiger partial charge < -0.3 is 9.79 Å². The highest BCUT2D eigenvalue weighted by molar-refractivity contribution is 7.57. The molecule has 0 bridgehead atoms. The first kappa shape index (κ1) is 12.8. The Morgan fingerprint density at radius 1 is 1.12 bits per heavy atom. The van der Waals surface area contributed by atoms with Gasteiger partial charge in [-0.1, -0.05) is 5.92 Å². The summed E-state index contributed by atoms with van der Waals surface area (Å²) in [4.78, 5) is 16.8. The lowest BCUT2D eigenvalue weighted by atomic mass is 10.1. The Bertz CT molecular complexity index is 475. The van der Waals surface area contributed by atoms with Gasteiger partial charge in [0.05, 0.1) is 5.56 Å². The van der Waals surface area contributed by atoms with Crippen LogP contribution in [0.3, 0.4) is 0 Å². The van der Waals surface area contributed by atoms with Crippen LogP contribution in [0.2, 0.25) is 0 Å². The van der Waals surface area contributed by atoms with E-state index in [0.717, 1.165) is 24.3 Å². The number of halogens is 3. The summed E-state index contributed by atoms with van der Waals surface area (Å²) in [7, 11) is -4.46. The van der Waals surface area contributed by atoms with Crippen molar-refractivity contribution in [1.82, 2.24) is 0 Å². The maximum atomic E-state index is 12.1. The van der Waals surface area contributed by atoms with Crippen LogP contribution < -0.4 is 0 Å². The molecule has 0 aromatic heterocycles. The zero-order chi connectivity index (χ0) is 12.4. The van der Waals surface area contributed by atoms with Crippen LogP contribution in [0, 0.1) is 11.6 Å². The van der Waals surface area contributed by atoms with E-state index in [1.54, 1.807) is 5.66 Å². The average molecular weight is 250 g/mol. The minimum atomic E-state index is -4.46. The normalized spacial score (nSPS) is 11.8. The van der Waals surface area contributed by atoms with Crippen LogP contribution in [0.1, 0.15) is 11.1 Å². The molecule has 16 heavy (non-hydrogen) atoms. The van der Waals surface area contributed by atoms with Gasteiger partial charge in [-0.05, 0) is 24.3 Å². The second kappa shape index (κ2) is 4.30. The SMILES string of the molecule is O=P(O)(O)C#Cc1ccc(C(F)(F)F)cc1. The van der Waals surface area contributed by atoms with E-state index in [-0.39, 0.29) is 5.56 Å². The van der Waals surface area contributed by atoms with E-state index in [2.05, 4.69) is 5.92 Å². The Kier molecular flexibility index (Phi) is 3.44.